The highest BCUT2D eigenvalue weighted by atomic mass is 16.5. The van der Waals surface area contributed by atoms with Crippen molar-refractivity contribution in [1.82, 2.24) is 10.2 Å². The summed E-state index contributed by atoms with van der Waals surface area (Å²) in [5.41, 5.74) is 1.72. The maximum Gasteiger partial charge on any atom is 0.319 e. The summed E-state index contributed by atoms with van der Waals surface area (Å²) in [6, 6.07) is 16.4. The molecule has 2 N–H and O–H groups in total. The molecule has 2 aromatic carbocycles. The molecule has 6 heteroatoms. The Bertz CT molecular complexity index is 749. The fourth-order valence-electron chi connectivity index (χ4n) is 2.88. The van der Waals surface area contributed by atoms with Crippen LogP contribution in [0.15, 0.2) is 54.6 Å². The lowest BCUT2D eigenvalue weighted by Crippen LogP contribution is -2.39. The van der Waals surface area contributed by atoms with Gasteiger partial charge in [0.15, 0.2) is 0 Å². The Kier molecular flexibility index (Phi) is 5.18. The lowest BCUT2D eigenvalue weighted by molar-refractivity contribution is -0.128. The van der Waals surface area contributed by atoms with Crippen molar-refractivity contribution in [3.8, 4) is 5.75 Å². The Morgan fingerprint density at radius 1 is 1.20 bits per heavy atom. The monoisotopic (exact) mass is 339 g/mol. The molecule has 130 valence electrons. The van der Waals surface area contributed by atoms with E-state index in [1.54, 1.807) is 36.3 Å². The molecule has 1 fully saturated rings. The second kappa shape index (κ2) is 7.70. The highest BCUT2D eigenvalue weighted by Crippen LogP contribution is 2.18. The van der Waals surface area contributed by atoms with Gasteiger partial charge in [-0.1, -0.05) is 36.4 Å². The molecule has 1 heterocycles. The molecule has 0 radical (unpaired) electrons. The summed E-state index contributed by atoms with van der Waals surface area (Å²) in [6.07, 6.45) is 0.318. The Morgan fingerprint density at radius 3 is 2.76 bits per heavy atom. The van der Waals surface area contributed by atoms with Crippen LogP contribution in [0.2, 0.25) is 0 Å². The van der Waals surface area contributed by atoms with E-state index >= 15 is 0 Å². The number of hydrogen-bond donors (Lipinski definition) is 2. The van der Waals surface area contributed by atoms with E-state index in [2.05, 4.69) is 10.6 Å². The van der Waals surface area contributed by atoms with E-state index in [-0.39, 0.29) is 18.0 Å². The number of anilines is 1. The van der Waals surface area contributed by atoms with Gasteiger partial charge in [0.25, 0.3) is 0 Å². The smallest absolute Gasteiger partial charge is 0.319 e. The third kappa shape index (κ3) is 4.50. The summed E-state index contributed by atoms with van der Waals surface area (Å²) < 4.78 is 5.13. The SMILES string of the molecule is COc1cccc(NC(=O)NC2CC(=O)N(Cc3ccccc3)C2)c1. The molecular weight excluding hydrogens is 318 g/mol. The molecule has 0 bridgehead atoms. The van der Waals surface area contributed by atoms with E-state index < -0.39 is 0 Å². The Balaban J connectivity index is 1.53. The number of carbonyl (C=O) groups is 2. The lowest BCUT2D eigenvalue weighted by atomic mass is 10.2. The summed E-state index contributed by atoms with van der Waals surface area (Å²) >= 11 is 0. The number of benzene rings is 2. The maximum absolute atomic E-state index is 12.2. The first kappa shape index (κ1) is 16.8. The number of urea groups is 1. The van der Waals surface area contributed by atoms with Crippen LogP contribution in [0.25, 0.3) is 0 Å². The number of likely N-dealkylation sites (tertiary alicyclic amines) is 1. The van der Waals surface area contributed by atoms with Gasteiger partial charge in [-0.05, 0) is 17.7 Å². The Hall–Kier alpha value is -3.02. The largest absolute Gasteiger partial charge is 0.497 e. The van der Waals surface area contributed by atoms with Crippen molar-refractivity contribution < 1.29 is 14.3 Å². The fourth-order valence-corrected chi connectivity index (χ4v) is 2.88. The van der Waals surface area contributed by atoms with Gasteiger partial charge in [-0.2, -0.15) is 0 Å². The third-order valence-corrected chi connectivity index (χ3v) is 4.09. The van der Waals surface area contributed by atoms with Crippen molar-refractivity contribution in [2.75, 3.05) is 19.0 Å². The zero-order chi connectivity index (χ0) is 17.6. The lowest BCUT2D eigenvalue weighted by Gasteiger charge is -2.17. The van der Waals surface area contributed by atoms with Crippen LogP contribution in [0.1, 0.15) is 12.0 Å². The summed E-state index contributed by atoms with van der Waals surface area (Å²) in [7, 11) is 1.57. The number of rotatable bonds is 5. The zero-order valence-corrected chi connectivity index (χ0v) is 14.1. The van der Waals surface area contributed by atoms with Crippen LogP contribution in [0.3, 0.4) is 0 Å². The molecule has 0 aromatic heterocycles. The molecular formula is C19H21N3O3. The molecule has 25 heavy (non-hydrogen) atoms. The second-order valence-corrected chi connectivity index (χ2v) is 5.99. The van der Waals surface area contributed by atoms with Gasteiger partial charge < -0.3 is 20.3 Å². The molecule has 0 saturated carbocycles. The maximum atomic E-state index is 12.2. The molecule has 2 aromatic rings. The predicted molar refractivity (Wildman–Crippen MR) is 95.4 cm³/mol. The average Bonchev–Trinajstić information content (AvgIpc) is 2.94. The quantitative estimate of drug-likeness (QED) is 0.880. The van der Waals surface area contributed by atoms with E-state index in [1.165, 1.54) is 0 Å². The first-order chi connectivity index (χ1) is 12.1. The molecule has 1 unspecified atom stereocenters. The highest BCUT2D eigenvalue weighted by molar-refractivity contribution is 5.90. The van der Waals surface area contributed by atoms with Crippen molar-refractivity contribution in [3.05, 3.63) is 60.2 Å². The minimum absolute atomic E-state index is 0.0514. The van der Waals surface area contributed by atoms with Crippen molar-refractivity contribution in [3.63, 3.8) is 0 Å². The van der Waals surface area contributed by atoms with Crippen LogP contribution in [0.4, 0.5) is 10.5 Å². The summed E-state index contributed by atoms with van der Waals surface area (Å²) in [4.78, 5) is 26.1. The van der Waals surface area contributed by atoms with Gasteiger partial charge >= 0.3 is 6.03 Å². The third-order valence-electron chi connectivity index (χ3n) is 4.09. The van der Waals surface area contributed by atoms with E-state index in [9.17, 15) is 9.59 Å². The first-order valence-corrected chi connectivity index (χ1v) is 8.17. The summed E-state index contributed by atoms with van der Waals surface area (Å²) in [5, 5.41) is 5.62. The predicted octanol–water partition coefficient (Wildman–Crippen LogP) is 2.62. The highest BCUT2D eigenvalue weighted by Gasteiger charge is 2.30. The van der Waals surface area contributed by atoms with Crippen molar-refractivity contribution in [1.29, 1.82) is 0 Å². The Morgan fingerprint density at radius 2 is 2.00 bits per heavy atom. The van der Waals surface area contributed by atoms with E-state index in [1.807, 2.05) is 30.3 Å². The normalized spacial score (nSPS) is 16.6. The van der Waals surface area contributed by atoms with Crippen LogP contribution < -0.4 is 15.4 Å². The number of nitrogens with zero attached hydrogens (tertiary/aromatic N) is 1. The van der Waals surface area contributed by atoms with E-state index in [0.29, 0.717) is 30.9 Å². The van der Waals surface area contributed by atoms with Crippen molar-refractivity contribution in [2.45, 2.75) is 19.0 Å². The summed E-state index contributed by atoms with van der Waals surface area (Å²) in [5.74, 6) is 0.721. The van der Waals surface area contributed by atoms with Gasteiger partial charge in [0.2, 0.25) is 5.91 Å². The van der Waals surface area contributed by atoms with Crippen LogP contribution >= 0.6 is 0 Å². The van der Waals surface area contributed by atoms with E-state index in [4.69, 9.17) is 4.74 Å². The van der Waals surface area contributed by atoms with Gasteiger partial charge in [0.1, 0.15) is 5.75 Å². The summed E-state index contributed by atoms with van der Waals surface area (Å²) in [6.45, 7) is 1.08. The van der Waals surface area contributed by atoms with Gasteiger partial charge in [0.05, 0.1) is 13.2 Å². The molecule has 1 saturated heterocycles. The topological polar surface area (TPSA) is 70.7 Å². The molecule has 1 aliphatic rings. The fraction of sp³-hybridized carbons (Fsp3) is 0.263. The second-order valence-electron chi connectivity index (χ2n) is 5.99. The van der Waals surface area contributed by atoms with Crippen LogP contribution in [0.5, 0.6) is 5.75 Å². The van der Waals surface area contributed by atoms with Crippen LogP contribution in [-0.2, 0) is 11.3 Å². The average molecular weight is 339 g/mol. The number of ether oxygens (including phenoxy) is 1. The van der Waals surface area contributed by atoms with Gasteiger partial charge in [-0.25, -0.2) is 4.79 Å². The van der Waals surface area contributed by atoms with Crippen LogP contribution in [0, 0.1) is 0 Å². The minimum Gasteiger partial charge on any atom is -0.497 e. The van der Waals surface area contributed by atoms with Gasteiger partial charge in [-0.3, -0.25) is 4.79 Å². The molecule has 6 nitrogen and oxygen atoms in total. The molecule has 1 aliphatic heterocycles. The van der Waals surface area contributed by atoms with Crippen molar-refractivity contribution >= 4 is 17.6 Å². The first-order valence-electron chi connectivity index (χ1n) is 8.17. The van der Waals surface area contributed by atoms with E-state index in [0.717, 1.165) is 5.56 Å². The molecule has 1 atom stereocenters. The molecule has 3 rings (SSSR count). The number of amides is 3. The standard InChI is InChI=1S/C19H21N3O3/c1-25-17-9-5-8-15(10-17)20-19(24)21-16-11-18(23)22(13-16)12-14-6-3-2-4-7-14/h2-10,16H,11-13H2,1H3,(H2,20,21,24). The van der Waals surface area contributed by atoms with Gasteiger partial charge in [0, 0.05) is 31.3 Å². The van der Waals surface area contributed by atoms with Gasteiger partial charge in [-0.15, -0.1) is 0 Å². The van der Waals surface area contributed by atoms with Crippen LogP contribution in [-0.4, -0.2) is 36.5 Å². The number of hydrogen-bond acceptors (Lipinski definition) is 3. The minimum atomic E-state index is -0.326. The Labute approximate surface area is 146 Å². The molecule has 0 aliphatic carbocycles. The molecule has 3 amide bonds. The number of nitrogens with one attached hydrogen (secondary N) is 2. The molecule has 0 spiro atoms. The number of carbonyl (C=O) groups excluding carboxylic acids is 2. The van der Waals surface area contributed by atoms with Crippen molar-refractivity contribution in [2.24, 2.45) is 0 Å². The number of methoxy groups -OCH3 is 1. The zero-order valence-electron chi connectivity index (χ0n) is 14.1.